The zero-order valence-corrected chi connectivity index (χ0v) is 9.99. The fraction of sp³-hybridized carbons (Fsp3) is 0.385. The third-order valence-electron chi connectivity index (χ3n) is 3.71. The Bertz CT molecular complexity index is 653. The molecule has 1 aromatic carbocycles. The van der Waals surface area contributed by atoms with Gasteiger partial charge >= 0.3 is 5.97 Å². The first-order valence-corrected chi connectivity index (χ1v) is 6.13. The van der Waals surface area contributed by atoms with Crippen molar-refractivity contribution in [3.05, 3.63) is 29.6 Å². The largest absolute Gasteiger partial charge is 0.481 e. The summed E-state index contributed by atoms with van der Waals surface area (Å²) in [5.74, 6) is -2.61. The molecule has 0 aliphatic heterocycles. The van der Waals surface area contributed by atoms with E-state index in [0.29, 0.717) is 18.7 Å². The zero-order chi connectivity index (χ0) is 13.6. The highest BCUT2D eigenvalue weighted by molar-refractivity contribution is 5.76. The number of aromatic nitrogens is 2. The van der Waals surface area contributed by atoms with Crippen molar-refractivity contribution in [3.8, 4) is 0 Å². The van der Waals surface area contributed by atoms with Crippen molar-refractivity contribution in [2.75, 3.05) is 0 Å². The number of aromatic amines is 1. The van der Waals surface area contributed by atoms with E-state index in [-0.39, 0.29) is 17.0 Å². The van der Waals surface area contributed by atoms with Crippen LogP contribution in [0.4, 0.5) is 8.78 Å². The molecule has 1 heterocycles. The van der Waals surface area contributed by atoms with Crippen LogP contribution in [0.3, 0.4) is 0 Å². The highest BCUT2D eigenvalue weighted by atomic mass is 19.1. The smallest absolute Gasteiger partial charge is 0.307 e. The second kappa shape index (κ2) is 4.29. The van der Waals surface area contributed by atoms with Gasteiger partial charge in [-0.25, -0.2) is 13.8 Å². The molecule has 0 amide bonds. The van der Waals surface area contributed by atoms with Crippen molar-refractivity contribution in [2.24, 2.45) is 5.92 Å². The lowest BCUT2D eigenvalue weighted by atomic mass is 9.96. The van der Waals surface area contributed by atoms with E-state index in [1.807, 2.05) is 0 Å². The maximum Gasteiger partial charge on any atom is 0.307 e. The summed E-state index contributed by atoms with van der Waals surface area (Å²) < 4.78 is 26.7. The molecule has 6 heteroatoms. The standard InChI is InChI=1S/C13H12F2N2O2/c14-6-4-9(15)11-10(5-6)16-12(17-11)7-2-1-3-8(7)13(18)19/h4-5,7-8H,1-3H2,(H,16,17)(H,18,19). The summed E-state index contributed by atoms with van der Waals surface area (Å²) in [4.78, 5) is 18.1. The van der Waals surface area contributed by atoms with Crippen LogP contribution in [0.1, 0.15) is 31.0 Å². The topological polar surface area (TPSA) is 66.0 Å². The second-order valence-electron chi connectivity index (χ2n) is 4.89. The third kappa shape index (κ3) is 1.97. The number of hydrogen-bond acceptors (Lipinski definition) is 2. The molecule has 1 fully saturated rings. The van der Waals surface area contributed by atoms with Gasteiger partial charge in [0.1, 0.15) is 17.2 Å². The van der Waals surface area contributed by atoms with Crippen molar-refractivity contribution in [1.29, 1.82) is 0 Å². The molecule has 3 rings (SSSR count). The van der Waals surface area contributed by atoms with E-state index in [0.717, 1.165) is 12.5 Å². The van der Waals surface area contributed by atoms with Gasteiger partial charge in [0.25, 0.3) is 0 Å². The summed E-state index contributed by atoms with van der Waals surface area (Å²) in [5, 5.41) is 9.14. The highest BCUT2D eigenvalue weighted by Crippen LogP contribution is 2.39. The number of rotatable bonds is 2. The van der Waals surface area contributed by atoms with Crippen LogP contribution >= 0.6 is 0 Å². The van der Waals surface area contributed by atoms with Crippen molar-refractivity contribution >= 4 is 17.0 Å². The minimum absolute atomic E-state index is 0.0624. The molecule has 2 unspecified atom stereocenters. The Balaban J connectivity index is 2.06. The molecule has 1 saturated carbocycles. The molecule has 1 aliphatic carbocycles. The quantitative estimate of drug-likeness (QED) is 0.878. The Kier molecular flexibility index (Phi) is 2.73. The van der Waals surface area contributed by atoms with E-state index < -0.39 is 23.5 Å². The van der Waals surface area contributed by atoms with Crippen molar-refractivity contribution < 1.29 is 18.7 Å². The number of nitrogens with one attached hydrogen (secondary N) is 1. The van der Waals surface area contributed by atoms with E-state index in [9.17, 15) is 13.6 Å². The molecule has 100 valence electrons. The van der Waals surface area contributed by atoms with Crippen LogP contribution in [-0.2, 0) is 4.79 Å². The normalized spacial score (nSPS) is 23.1. The molecule has 4 nitrogen and oxygen atoms in total. The van der Waals surface area contributed by atoms with Crippen LogP contribution in [0.5, 0.6) is 0 Å². The van der Waals surface area contributed by atoms with Crippen molar-refractivity contribution in [2.45, 2.75) is 25.2 Å². The molecule has 0 bridgehead atoms. The average molecular weight is 266 g/mol. The summed E-state index contributed by atoms with van der Waals surface area (Å²) in [6.45, 7) is 0. The summed E-state index contributed by atoms with van der Waals surface area (Å²) in [5.41, 5.74) is 0.330. The third-order valence-corrected chi connectivity index (χ3v) is 3.71. The number of carboxylic acid groups (broad SMARTS) is 1. The SMILES string of the molecule is O=C(O)C1CCCC1c1nc2c(F)cc(F)cc2[nH]1. The predicted octanol–water partition coefficient (Wildman–Crippen LogP) is 2.81. The van der Waals surface area contributed by atoms with Gasteiger partial charge in [0, 0.05) is 12.0 Å². The first-order chi connectivity index (χ1) is 9.06. The molecule has 0 radical (unpaired) electrons. The lowest BCUT2D eigenvalue weighted by Gasteiger charge is -2.12. The fourth-order valence-electron chi connectivity index (χ4n) is 2.82. The van der Waals surface area contributed by atoms with Crippen molar-refractivity contribution in [1.82, 2.24) is 9.97 Å². The van der Waals surface area contributed by atoms with Gasteiger partial charge in [0.2, 0.25) is 0 Å². The number of H-pyrrole nitrogens is 1. The molecule has 1 aliphatic rings. The van der Waals surface area contributed by atoms with Gasteiger partial charge < -0.3 is 10.1 Å². The van der Waals surface area contributed by atoms with Crippen LogP contribution in [0, 0.1) is 17.6 Å². The lowest BCUT2D eigenvalue weighted by molar-refractivity contribution is -0.142. The van der Waals surface area contributed by atoms with E-state index in [4.69, 9.17) is 5.11 Å². The number of aliphatic carboxylic acids is 1. The lowest BCUT2D eigenvalue weighted by Crippen LogP contribution is -2.17. The van der Waals surface area contributed by atoms with Crippen LogP contribution in [0.15, 0.2) is 12.1 Å². The molecule has 2 aromatic rings. The van der Waals surface area contributed by atoms with E-state index in [1.54, 1.807) is 0 Å². The van der Waals surface area contributed by atoms with Gasteiger partial charge in [0.05, 0.1) is 11.4 Å². The fourth-order valence-corrected chi connectivity index (χ4v) is 2.82. The van der Waals surface area contributed by atoms with Gasteiger partial charge in [-0.05, 0) is 18.9 Å². The van der Waals surface area contributed by atoms with Gasteiger partial charge in [-0.3, -0.25) is 4.79 Å². The molecule has 0 saturated heterocycles. The highest BCUT2D eigenvalue weighted by Gasteiger charge is 2.36. The first-order valence-electron chi connectivity index (χ1n) is 6.13. The number of benzene rings is 1. The number of carbonyl (C=O) groups is 1. The summed E-state index contributed by atoms with van der Waals surface area (Å²) in [6, 6.07) is 1.94. The maximum absolute atomic E-state index is 13.6. The monoisotopic (exact) mass is 266 g/mol. The molecular formula is C13H12F2N2O2. The van der Waals surface area contributed by atoms with Crippen LogP contribution in [0.2, 0.25) is 0 Å². The number of carboxylic acids is 1. The van der Waals surface area contributed by atoms with Gasteiger partial charge in [-0.1, -0.05) is 6.42 Å². The molecule has 0 spiro atoms. The van der Waals surface area contributed by atoms with E-state index in [1.165, 1.54) is 6.07 Å². The second-order valence-corrected chi connectivity index (χ2v) is 4.89. The molecule has 2 atom stereocenters. The van der Waals surface area contributed by atoms with Crippen LogP contribution in [-0.4, -0.2) is 21.0 Å². The number of halogens is 2. The molecule has 1 aromatic heterocycles. The van der Waals surface area contributed by atoms with Gasteiger partial charge in [-0.2, -0.15) is 0 Å². The Morgan fingerprint density at radius 1 is 1.37 bits per heavy atom. The van der Waals surface area contributed by atoms with Crippen molar-refractivity contribution in [3.63, 3.8) is 0 Å². The predicted molar refractivity (Wildman–Crippen MR) is 63.7 cm³/mol. The van der Waals surface area contributed by atoms with Crippen LogP contribution in [0.25, 0.3) is 11.0 Å². The summed E-state index contributed by atoms with van der Waals surface area (Å²) in [6.07, 6.45) is 2.09. The van der Waals surface area contributed by atoms with Gasteiger partial charge in [0.15, 0.2) is 5.82 Å². The molecule has 2 N–H and O–H groups in total. The van der Waals surface area contributed by atoms with E-state index in [2.05, 4.69) is 9.97 Å². The first kappa shape index (κ1) is 12.1. The Labute approximate surface area is 107 Å². The maximum atomic E-state index is 13.6. The average Bonchev–Trinajstić information content (AvgIpc) is 2.92. The minimum Gasteiger partial charge on any atom is -0.481 e. The number of fused-ring (bicyclic) bond motifs is 1. The number of hydrogen-bond donors (Lipinski definition) is 2. The molecule has 19 heavy (non-hydrogen) atoms. The van der Waals surface area contributed by atoms with E-state index >= 15 is 0 Å². The summed E-state index contributed by atoms with van der Waals surface area (Å²) >= 11 is 0. The number of imidazole rings is 1. The Morgan fingerprint density at radius 2 is 2.16 bits per heavy atom. The summed E-state index contributed by atoms with van der Waals surface area (Å²) in [7, 11) is 0. The zero-order valence-electron chi connectivity index (χ0n) is 9.99. The van der Waals surface area contributed by atoms with Crippen LogP contribution < -0.4 is 0 Å². The Hall–Kier alpha value is -1.98. The number of nitrogens with zero attached hydrogens (tertiary/aromatic N) is 1. The minimum atomic E-state index is -0.866. The molecular weight excluding hydrogens is 254 g/mol. The van der Waals surface area contributed by atoms with Gasteiger partial charge in [-0.15, -0.1) is 0 Å². The Morgan fingerprint density at radius 3 is 2.89 bits per heavy atom.